The molecule has 210 valence electrons. The van der Waals surface area contributed by atoms with Gasteiger partial charge >= 0.3 is 11.4 Å². The molecule has 0 aromatic heterocycles. The van der Waals surface area contributed by atoms with Gasteiger partial charge in [-0.25, -0.2) is 0 Å². The van der Waals surface area contributed by atoms with Gasteiger partial charge in [-0.15, -0.1) is 0 Å². The SMILES string of the molecule is CC(C)(C)c1cc(C2(c3cc([N+](=O)[O-])c(O)c(C(C)(C)C)c3)c3ccccc3-c3ccccc32)cc([N+](=O)[O-])c1O. The first kappa shape index (κ1) is 27.8. The lowest BCUT2D eigenvalue weighted by Crippen LogP contribution is -2.30. The first-order valence-electron chi connectivity index (χ1n) is 13.3. The van der Waals surface area contributed by atoms with Gasteiger partial charge in [0, 0.05) is 23.3 Å². The summed E-state index contributed by atoms with van der Waals surface area (Å²) in [6.07, 6.45) is 0. The molecular formula is C33H32N2O6. The van der Waals surface area contributed by atoms with Gasteiger partial charge in [0.25, 0.3) is 0 Å². The van der Waals surface area contributed by atoms with Crippen LogP contribution in [0.25, 0.3) is 11.1 Å². The van der Waals surface area contributed by atoms with Gasteiger partial charge < -0.3 is 10.2 Å². The van der Waals surface area contributed by atoms with Gasteiger partial charge in [0.15, 0.2) is 11.5 Å². The molecule has 0 spiro atoms. The number of nitro benzene ring substituents is 2. The maximum Gasteiger partial charge on any atom is 0.311 e. The first-order valence-corrected chi connectivity index (χ1v) is 13.3. The largest absolute Gasteiger partial charge is 0.502 e. The third-order valence-electron chi connectivity index (χ3n) is 8.01. The average Bonchev–Trinajstić information content (AvgIpc) is 3.18. The van der Waals surface area contributed by atoms with Crippen LogP contribution < -0.4 is 0 Å². The van der Waals surface area contributed by atoms with Crippen LogP contribution in [-0.2, 0) is 16.2 Å². The maximum absolute atomic E-state index is 12.3. The summed E-state index contributed by atoms with van der Waals surface area (Å²) in [5.74, 6) is -0.818. The third kappa shape index (κ3) is 4.13. The van der Waals surface area contributed by atoms with Crippen molar-refractivity contribution in [1.29, 1.82) is 0 Å². The normalized spacial score (nSPS) is 13.9. The van der Waals surface area contributed by atoms with Gasteiger partial charge in [-0.05, 0) is 56.3 Å². The molecule has 0 aliphatic heterocycles. The Morgan fingerprint density at radius 1 is 0.610 bits per heavy atom. The van der Waals surface area contributed by atoms with E-state index in [1.165, 1.54) is 12.1 Å². The number of phenols is 2. The monoisotopic (exact) mass is 552 g/mol. The molecular weight excluding hydrogens is 520 g/mol. The van der Waals surface area contributed by atoms with Crippen molar-refractivity contribution in [1.82, 2.24) is 0 Å². The van der Waals surface area contributed by atoms with Crippen LogP contribution in [0.3, 0.4) is 0 Å². The lowest BCUT2D eigenvalue weighted by atomic mass is 9.65. The number of nitro groups is 2. The molecule has 5 rings (SSSR count). The molecule has 1 aliphatic rings. The molecule has 4 aromatic rings. The zero-order valence-electron chi connectivity index (χ0n) is 23.9. The molecule has 0 atom stereocenters. The highest BCUT2D eigenvalue weighted by Crippen LogP contribution is 2.59. The summed E-state index contributed by atoms with van der Waals surface area (Å²) in [6, 6.07) is 21.7. The van der Waals surface area contributed by atoms with Crippen molar-refractivity contribution in [2.24, 2.45) is 0 Å². The van der Waals surface area contributed by atoms with Crippen LogP contribution in [0, 0.1) is 20.2 Å². The van der Waals surface area contributed by atoms with E-state index in [0.717, 1.165) is 22.3 Å². The topological polar surface area (TPSA) is 127 Å². The van der Waals surface area contributed by atoms with Crippen LogP contribution in [-0.4, -0.2) is 20.1 Å². The summed E-state index contributed by atoms with van der Waals surface area (Å²) in [6.45, 7) is 11.2. The van der Waals surface area contributed by atoms with E-state index in [-0.39, 0.29) is 0 Å². The van der Waals surface area contributed by atoms with Crippen LogP contribution in [0.2, 0.25) is 0 Å². The van der Waals surface area contributed by atoms with Crippen molar-refractivity contribution in [3.8, 4) is 22.6 Å². The summed E-state index contributed by atoms with van der Waals surface area (Å²) >= 11 is 0. The lowest BCUT2D eigenvalue weighted by Gasteiger charge is -2.36. The number of nitrogens with zero attached hydrogens (tertiary/aromatic N) is 2. The van der Waals surface area contributed by atoms with Crippen LogP contribution >= 0.6 is 0 Å². The van der Waals surface area contributed by atoms with E-state index in [0.29, 0.717) is 22.3 Å². The number of benzene rings is 4. The molecule has 0 heterocycles. The molecule has 1 aliphatic carbocycles. The Labute approximate surface area is 238 Å². The summed E-state index contributed by atoms with van der Waals surface area (Å²) in [5.41, 5.74) is 1.66. The summed E-state index contributed by atoms with van der Waals surface area (Å²) < 4.78 is 0. The second-order valence-electron chi connectivity index (χ2n) is 12.6. The van der Waals surface area contributed by atoms with Crippen LogP contribution in [0.1, 0.15) is 74.9 Å². The molecule has 8 nitrogen and oxygen atoms in total. The number of rotatable bonds is 4. The van der Waals surface area contributed by atoms with Crippen LogP contribution in [0.4, 0.5) is 11.4 Å². The van der Waals surface area contributed by atoms with E-state index >= 15 is 0 Å². The van der Waals surface area contributed by atoms with E-state index in [4.69, 9.17) is 0 Å². The minimum absolute atomic E-state index is 0.382. The minimum atomic E-state index is -1.23. The summed E-state index contributed by atoms with van der Waals surface area (Å²) in [7, 11) is 0. The molecule has 2 N–H and O–H groups in total. The number of aromatic hydroxyl groups is 2. The standard InChI is InChI=1S/C33H32N2O6/c1-31(2,3)25-15-19(17-27(29(25)36)34(38)39)33(20-16-26(32(4,5)6)30(37)28(18-20)35(40)41)23-13-9-7-11-21(23)22-12-8-10-14-24(22)33/h7-18,36-37H,1-6H3. The minimum Gasteiger partial charge on any atom is -0.502 e. The molecule has 0 saturated heterocycles. The van der Waals surface area contributed by atoms with E-state index in [2.05, 4.69) is 0 Å². The van der Waals surface area contributed by atoms with Gasteiger partial charge in [-0.2, -0.15) is 0 Å². The zero-order valence-corrected chi connectivity index (χ0v) is 23.9. The third-order valence-corrected chi connectivity index (χ3v) is 8.01. The van der Waals surface area contributed by atoms with E-state index < -0.39 is 49.0 Å². The molecule has 4 aromatic carbocycles. The molecule has 8 heteroatoms. The van der Waals surface area contributed by atoms with Crippen LogP contribution in [0.5, 0.6) is 11.5 Å². The number of hydrogen-bond acceptors (Lipinski definition) is 6. The van der Waals surface area contributed by atoms with Crippen molar-refractivity contribution in [2.45, 2.75) is 57.8 Å². The highest BCUT2D eigenvalue weighted by atomic mass is 16.6. The van der Waals surface area contributed by atoms with Gasteiger partial charge in [0.05, 0.1) is 15.3 Å². The number of fused-ring (bicyclic) bond motifs is 3. The highest BCUT2D eigenvalue weighted by Gasteiger charge is 2.49. The smallest absolute Gasteiger partial charge is 0.311 e. The maximum atomic E-state index is 12.3. The van der Waals surface area contributed by atoms with Gasteiger partial charge in [0.1, 0.15) is 0 Å². The number of hydrogen-bond donors (Lipinski definition) is 2. The molecule has 0 bridgehead atoms. The fourth-order valence-electron chi connectivity index (χ4n) is 6.12. The lowest BCUT2D eigenvalue weighted by molar-refractivity contribution is -0.386. The van der Waals surface area contributed by atoms with Crippen molar-refractivity contribution in [3.05, 3.63) is 126 Å². The predicted octanol–water partition coefficient (Wildman–Crippen LogP) is 7.87. The zero-order chi connectivity index (χ0) is 30.1. The first-order chi connectivity index (χ1) is 19.1. The average molecular weight is 553 g/mol. The molecule has 0 amide bonds. The second-order valence-corrected chi connectivity index (χ2v) is 12.6. The number of phenolic OH excluding ortho intramolecular Hbond substituents is 2. The fourth-order valence-corrected chi connectivity index (χ4v) is 6.12. The van der Waals surface area contributed by atoms with Gasteiger partial charge in [0.2, 0.25) is 0 Å². The summed E-state index contributed by atoms with van der Waals surface area (Å²) in [4.78, 5) is 23.4. The molecule has 0 fully saturated rings. The summed E-state index contributed by atoms with van der Waals surface area (Å²) in [5, 5.41) is 46.7. The van der Waals surface area contributed by atoms with Crippen molar-refractivity contribution in [2.75, 3.05) is 0 Å². The predicted molar refractivity (Wildman–Crippen MR) is 158 cm³/mol. The molecule has 0 saturated carbocycles. The van der Waals surface area contributed by atoms with E-state index in [1.54, 1.807) is 12.1 Å². The Balaban J connectivity index is 2.07. The highest BCUT2D eigenvalue weighted by molar-refractivity contribution is 5.87. The van der Waals surface area contributed by atoms with Crippen molar-refractivity contribution in [3.63, 3.8) is 0 Å². The van der Waals surface area contributed by atoms with E-state index in [9.17, 15) is 30.4 Å². The second kappa shape index (κ2) is 9.16. The van der Waals surface area contributed by atoms with Crippen molar-refractivity contribution >= 4 is 11.4 Å². The Kier molecular flexibility index (Phi) is 6.22. The van der Waals surface area contributed by atoms with Gasteiger partial charge in [-0.1, -0.05) is 90.1 Å². The Bertz CT molecular complexity index is 1620. The molecule has 0 radical (unpaired) electrons. The van der Waals surface area contributed by atoms with Crippen LogP contribution in [0.15, 0.2) is 72.8 Å². The Hall–Kier alpha value is -4.72. The Morgan fingerprint density at radius 3 is 1.27 bits per heavy atom. The van der Waals surface area contributed by atoms with E-state index in [1.807, 2.05) is 90.1 Å². The molecule has 0 unspecified atom stereocenters. The van der Waals surface area contributed by atoms with Gasteiger partial charge in [-0.3, -0.25) is 20.2 Å². The fraction of sp³-hybridized carbons (Fsp3) is 0.273. The quantitative estimate of drug-likeness (QED) is 0.172. The van der Waals surface area contributed by atoms with Crippen molar-refractivity contribution < 1.29 is 20.1 Å². The Morgan fingerprint density at radius 2 is 0.951 bits per heavy atom. The molecule has 41 heavy (non-hydrogen) atoms.